The van der Waals surface area contributed by atoms with Gasteiger partial charge in [0.05, 0.1) is 22.5 Å². The zero-order valence-electron chi connectivity index (χ0n) is 12.1. The van der Waals surface area contributed by atoms with Gasteiger partial charge in [-0.2, -0.15) is 0 Å². The van der Waals surface area contributed by atoms with Crippen LogP contribution in [0.4, 0.5) is 0 Å². The molecule has 0 aromatic heterocycles. The van der Waals surface area contributed by atoms with Gasteiger partial charge in [-0.15, -0.1) is 0 Å². The van der Waals surface area contributed by atoms with Gasteiger partial charge in [0.2, 0.25) is 0 Å². The van der Waals surface area contributed by atoms with Crippen molar-refractivity contribution >= 4 is 11.9 Å². The van der Waals surface area contributed by atoms with Gasteiger partial charge in [0.1, 0.15) is 11.6 Å². The van der Waals surface area contributed by atoms with Crippen molar-refractivity contribution in [1.82, 2.24) is 10.2 Å². The Hall–Kier alpha value is -3.24. The Morgan fingerprint density at radius 3 is 2.57 bits per heavy atom. The second-order valence-corrected chi connectivity index (χ2v) is 4.59. The number of nitrogens with one attached hydrogen (secondary N) is 1. The van der Waals surface area contributed by atoms with E-state index in [2.05, 4.69) is 5.32 Å². The van der Waals surface area contributed by atoms with Crippen LogP contribution in [-0.4, -0.2) is 39.3 Å². The van der Waals surface area contributed by atoms with E-state index in [9.17, 15) is 29.8 Å². The van der Waals surface area contributed by atoms with Crippen LogP contribution in [0.1, 0.15) is 13.8 Å². The predicted molar refractivity (Wildman–Crippen MR) is 73.3 cm³/mol. The van der Waals surface area contributed by atoms with Gasteiger partial charge < -0.3 is 10.1 Å². The number of hydrogen-bond donors (Lipinski definition) is 1. The smallest absolute Gasteiger partial charge is 0.345 e. The third-order valence-electron chi connectivity index (χ3n) is 3.29. The Labute approximate surface area is 129 Å². The summed E-state index contributed by atoms with van der Waals surface area (Å²) in [5, 5.41) is 24.6. The number of esters is 1. The number of hydrogen-bond acceptors (Lipinski definition) is 8. The van der Waals surface area contributed by atoms with Gasteiger partial charge in [-0.3, -0.25) is 29.9 Å². The summed E-state index contributed by atoms with van der Waals surface area (Å²) in [5.74, 6) is -2.06. The zero-order chi connectivity index (χ0) is 17.3. The summed E-state index contributed by atoms with van der Waals surface area (Å²) >= 11 is 0. The van der Waals surface area contributed by atoms with Gasteiger partial charge in [0, 0.05) is 6.20 Å². The van der Waals surface area contributed by atoms with E-state index in [-0.39, 0.29) is 12.4 Å². The lowest BCUT2D eigenvalue weighted by atomic mass is 10.0. The highest BCUT2D eigenvalue weighted by molar-refractivity contribution is 6.17. The summed E-state index contributed by atoms with van der Waals surface area (Å²) in [6.45, 7) is 2.91. The predicted octanol–water partition coefficient (Wildman–Crippen LogP) is -0.126. The molecule has 1 N–H and O–H groups in total. The fourth-order valence-electron chi connectivity index (χ4n) is 2.23. The Morgan fingerprint density at radius 1 is 1.39 bits per heavy atom. The van der Waals surface area contributed by atoms with Crippen LogP contribution in [0.5, 0.6) is 0 Å². The maximum absolute atomic E-state index is 12.4. The van der Waals surface area contributed by atoms with Crippen molar-refractivity contribution in [3.05, 3.63) is 55.3 Å². The van der Waals surface area contributed by atoms with E-state index >= 15 is 0 Å². The molecule has 0 aliphatic carbocycles. The van der Waals surface area contributed by atoms with Crippen LogP contribution in [0.15, 0.2) is 35.1 Å². The number of fused-ring (bicyclic) bond motifs is 1. The van der Waals surface area contributed by atoms with Crippen LogP contribution < -0.4 is 5.32 Å². The van der Waals surface area contributed by atoms with Gasteiger partial charge in [-0.05, 0) is 13.8 Å². The molecule has 0 fully saturated rings. The minimum atomic E-state index is -1.10. The van der Waals surface area contributed by atoms with E-state index in [1.54, 1.807) is 6.92 Å². The molecule has 0 radical (unpaired) electrons. The van der Waals surface area contributed by atoms with E-state index < -0.39 is 44.7 Å². The lowest BCUT2D eigenvalue weighted by Gasteiger charge is -2.33. The quantitative estimate of drug-likeness (QED) is 0.326. The van der Waals surface area contributed by atoms with Crippen molar-refractivity contribution in [2.75, 3.05) is 6.61 Å². The fourth-order valence-corrected chi connectivity index (χ4v) is 2.23. The molecule has 0 bridgehead atoms. The number of carbonyl (C=O) groups is 2. The molecular weight excluding hydrogens is 312 g/mol. The molecule has 0 aromatic carbocycles. The Bertz CT molecular complexity index is 706. The van der Waals surface area contributed by atoms with Crippen molar-refractivity contribution in [3.63, 3.8) is 0 Å². The van der Waals surface area contributed by atoms with Crippen molar-refractivity contribution < 1.29 is 24.2 Å². The Kier molecular flexibility index (Phi) is 4.12. The monoisotopic (exact) mass is 324 g/mol. The second kappa shape index (κ2) is 5.87. The average Bonchev–Trinajstić information content (AvgIpc) is 2.46. The topological polar surface area (TPSA) is 145 Å². The fraction of sp³-hybridized carbons (Fsp3) is 0.333. The molecule has 122 valence electrons. The number of allylic oxidation sites excluding steroid dienone is 1. The normalized spacial score (nSPS) is 20.2. The molecule has 2 aliphatic heterocycles. The van der Waals surface area contributed by atoms with Crippen molar-refractivity contribution in [2.24, 2.45) is 0 Å². The zero-order valence-corrected chi connectivity index (χ0v) is 12.1. The maximum atomic E-state index is 12.4. The van der Waals surface area contributed by atoms with Crippen molar-refractivity contribution in [1.29, 1.82) is 0 Å². The minimum absolute atomic E-state index is 0.0297. The summed E-state index contributed by atoms with van der Waals surface area (Å²) in [5.41, 5.74) is -1.56. The van der Waals surface area contributed by atoms with Crippen LogP contribution in [-0.2, 0) is 14.3 Å². The summed E-state index contributed by atoms with van der Waals surface area (Å²) < 4.78 is 4.72. The van der Waals surface area contributed by atoms with E-state index in [1.165, 1.54) is 6.92 Å². The lowest BCUT2D eigenvalue weighted by molar-refractivity contribution is -0.443. The largest absolute Gasteiger partial charge is 0.462 e. The molecule has 0 aromatic rings. The minimum Gasteiger partial charge on any atom is -0.462 e. The van der Waals surface area contributed by atoms with Crippen molar-refractivity contribution in [2.45, 2.75) is 19.9 Å². The lowest BCUT2D eigenvalue weighted by Crippen LogP contribution is -2.51. The number of ether oxygens (including phenoxy) is 1. The second-order valence-electron chi connectivity index (χ2n) is 4.59. The highest BCUT2D eigenvalue weighted by Crippen LogP contribution is 2.29. The van der Waals surface area contributed by atoms with Crippen LogP contribution in [0.2, 0.25) is 0 Å². The first-order chi connectivity index (χ1) is 10.8. The third kappa shape index (κ3) is 2.63. The standard InChI is InChI=1S/C12H12N4O7/c1-3-23-12(18)7-5-13-10-9(16(21)22)4-8(15(19)20)6(2)14(10)11(7)17/h4-6,13H,3H2,1-2H3. The third-order valence-corrected chi connectivity index (χ3v) is 3.29. The molecule has 11 heteroatoms. The Morgan fingerprint density at radius 2 is 2.04 bits per heavy atom. The first-order valence-electron chi connectivity index (χ1n) is 6.51. The van der Waals surface area contributed by atoms with Crippen LogP contribution in [0.25, 0.3) is 0 Å². The van der Waals surface area contributed by atoms with Crippen LogP contribution in [0, 0.1) is 20.2 Å². The molecule has 11 nitrogen and oxygen atoms in total. The first-order valence-corrected chi connectivity index (χ1v) is 6.51. The molecule has 1 amide bonds. The van der Waals surface area contributed by atoms with Crippen molar-refractivity contribution in [3.8, 4) is 0 Å². The average molecular weight is 324 g/mol. The molecule has 23 heavy (non-hydrogen) atoms. The highest BCUT2D eigenvalue weighted by Gasteiger charge is 2.45. The molecule has 0 saturated heterocycles. The number of amides is 1. The van der Waals surface area contributed by atoms with Gasteiger partial charge >= 0.3 is 11.7 Å². The summed E-state index contributed by atoms with van der Waals surface area (Å²) in [6.07, 6.45) is 1.79. The van der Waals surface area contributed by atoms with Gasteiger partial charge in [-0.1, -0.05) is 0 Å². The maximum Gasteiger partial charge on any atom is 0.345 e. The van der Waals surface area contributed by atoms with Gasteiger partial charge in [-0.25, -0.2) is 4.79 Å². The number of nitrogens with zero attached hydrogens (tertiary/aromatic N) is 3. The summed E-state index contributed by atoms with van der Waals surface area (Å²) in [4.78, 5) is 45.5. The van der Waals surface area contributed by atoms with Crippen LogP contribution >= 0.6 is 0 Å². The Balaban J connectivity index is 2.54. The highest BCUT2D eigenvalue weighted by atomic mass is 16.6. The van der Waals surface area contributed by atoms with Gasteiger partial charge in [0.25, 0.3) is 11.6 Å². The molecule has 0 saturated carbocycles. The van der Waals surface area contributed by atoms with E-state index in [4.69, 9.17) is 4.74 Å². The summed E-state index contributed by atoms with van der Waals surface area (Å²) in [6, 6.07) is -1.10. The van der Waals surface area contributed by atoms with Gasteiger partial charge in [0.15, 0.2) is 5.82 Å². The molecule has 1 unspecified atom stereocenters. The molecule has 2 heterocycles. The molecular formula is C12H12N4O7. The number of rotatable bonds is 4. The van der Waals surface area contributed by atoms with E-state index in [0.29, 0.717) is 0 Å². The molecule has 2 aliphatic rings. The molecule has 0 spiro atoms. The SMILES string of the molecule is CCOC(=O)C1=CNC2=C([N+](=O)[O-])C=C([N+](=O)[O-])C(C)N2C1=O. The van der Waals surface area contributed by atoms with Crippen LogP contribution in [0.3, 0.4) is 0 Å². The number of carbonyl (C=O) groups excluding carboxylic acids is 2. The summed E-state index contributed by atoms with van der Waals surface area (Å²) in [7, 11) is 0. The molecule has 2 rings (SSSR count). The first kappa shape index (κ1) is 16.1. The molecule has 1 atom stereocenters. The number of nitro groups is 2. The van der Waals surface area contributed by atoms with E-state index in [1.807, 2.05) is 0 Å². The van der Waals surface area contributed by atoms with E-state index in [0.717, 1.165) is 17.2 Å².